The monoisotopic (exact) mass is 214 g/mol. The predicted molar refractivity (Wildman–Crippen MR) is 51.9 cm³/mol. The Kier molecular flexibility index (Phi) is 1.52. The lowest BCUT2D eigenvalue weighted by molar-refractivity contribution is 0.299. The number of halogens is 1. The molecule has 2 aliphatic carbocycles. The summed E-state index contributed by atoms with van der Waals surface area (Å²) in [6.45, 7) is 8.88. The third-order valence-corrected chi connectivity index (χ3v) is 4.74. The number of alkyl halides is 1. The number of allylic oxidation sites excluding steroid dienone is 1. The fourth-order valence-corrected chi connectivity index (χ4v) is 4.11. The van der Waals surface area contributed by atoms with Crippen molar-refractivity contribution in [2.45, 2.75) is 31.5 Å². The van der Waals surface area contributed by atoms with Gasteiger partial charge in [0.05, 0.1) is 0 Å². The average Bonchev–Trinajstić information content (AvgIpc) is 2.35. The lowest BCUT2D eigenvalue weighted by Crippen LogP contribution is -2.29. The van der Waals surface area contributed by atoms with E-state index in [0.29, 0.717) is 5.41 Å². The fraction of sp³-hybridized carbons (Fsp3) is 0.800. The molecule has 1 heteroatoms. The molecule has 0 aliphatic heterocycles. The van der Waals surface area contributed by atoms with Gasteiger partial charge in [0.15, 0.2) is 0 Å². The molecule has 0 radical (unpaired) electrons. The largest absolute Gasteiger partial charge is 0.0990 e. The van der Waals surface area contributed by atoms with Gasteiger partial charge in [-0.1, -0.05) is 41.9 Å². The summed E-state index contributed by atoms with van der Waals surface area (Å²) in [6.07, 6.45) is 2.70. The topological polar surface area (TPSA) is 0 Å². The van der Waals surface area contributed by atoms with Gasteiger partial charge in [-0.3, -0.25) is 0 Å². The highest BCUT2D eigenvalue weighted by molar-refractivity contribution is 9.09. The van der Waals surface area contributed by atoms with Gasteiger partial charge in [0, 0.05) is 4.83 Å². The summed E-state index contributed by atoms with van der Waals surface area (Å²) in [7, 11) is 0. The van der Waals surface area contributed by atoms with Gasteiger partial charge in [-0.2, -0.15) is 0 Å². The van der Waals surface area contributed by atoms with Crippen LogP contribution in [-0.2, 0) is 0 Å². The summed E-state index contributed by atoms with van der Waals surface area (Å²) in [5.74, 6) is 1.67. The third kappa shape index (κ3) is 0.867. The maximum absolute atomic E-state index is 4.20. The minimum atomic E-state index is 0.400. The van der Waals surface area contributed by atoms with Crippen LogP contribution in [0.3, 0.4) is 0 Å². The van der Waals surface area contributed by atoms with Crippen LogP contribution in [0.25, 0.3) is 0 Å². The Morgan fingerprint density at radius 3 is 2.45 bits per heavy atom. The van der Waals surface area contributed by atoms with Gasteiger partial charge in [-0.05, 0) is 30.1 Å². The normalized spacial score (nSPS) is 46.8. The maximum atomic E-state index is 4.20. The highest BCUT2D eigenvalue weighted by atomic mass is 79.9. The molecule has 2 fully saturated rings. The Morgan fingerprint density at radius 1 is 1.45 bits per heavy atom. The van der Waals surface area contributed by atoms with Gasteiger partial charge in [0.1, 0.15) is 0 Å². The molecule has 2 rings (SSSR count). The van der Waals surface area contributed by atoms with Gasteiger partial charge in [0.25, 0.3) is 0 Å². The summed E-state index contributed by atoms with van der Waals surface area (Å²) in [6, 6.07) is 0. The van der Waals surface area contributed by atoms with Crippen LogP contribution in [-0.4, -0.2) is 4.83 Å². The molecule has 0 N–H and O–H groups in total. The van der Waals surface area contributed by atoms with E-state index in [1.54, 1.807) is 0 Å². The van der Waals surface area contributed by atoms with E-state index in [1.165, 1.54) is 18.4 Å². The third-order valence-electron chi connectivity index (χ3n) is 3.73. The maximum Gasteiger partial charge on any atom is 0.0188 e. The van der Waals surface area contributed by atoms with E-state index in [4.69, 9.17) is 0 Å². The molecule has 0 aromatic carbocycles. The van der Waals surface area contributed by atoms with Crippen LogP contribution in [0.15, 0.2) is 12.2 Å². The van der Waals surface area contributed by atoms with Crippen molar-refractivity contribution in [2.75, 3.05) is 0 Å². The van der Waals surface area contributed by atoms with Crippen molar-refractivity contribution < 1.29 is 0 Å². The van der Waals surface area contributed by atoms with E-state index < -0.39 is 0 Å². The zero-order valence-electron chi connectivity index (χ0n) is 7.23. The first-order chi connectivity index (χ1) is 5.03. The second-order valence-corrected chi connectivity index (χ2v) is 5.71. The molecule has 0 heterocycles. The number of fused-ring (bicyclic) bond motifs is 2. The fourth-order valence-electron chi connectivity index (χ4n) is 2.78. The van der Waals surface area contributed by atoms with E-state index in [9.17, 15) is 0 Å². The lowest BCUT2D eigenvalue weighted by atomic mass is 9.73. The SMILES string of the molecule is C=C1C2CC(Br)C(C2)C1(C)C. The van der Waals surface area contributed by atoms with Crippen LogP contribution in [0.1, 0.15) is 26.7 Å². The van der Waals surface area contributed by atoms with Crippen molar-refractivity contribution in [1.29, 1.82) is 0 Å². The Hall–Kier alpha value is 0.220. The highest BCUT2D eigenvalue weighted by Crippen LogP contribution is 2.60. The highest BCUT2D eigenvalue weighted by Gasteiger charge is 2.52. The number of hydrogen-bond donors (Lipinski definition) is 0. The molecule has 62 valence electrons. The Morgan fingerprint density at radius 2 is 2.09 bits per heavy atom. The molecule has 2 bridgehead atoms. The minimum Gasteiger partial charge on any atom is -0.0990 e. The standard InChI is InChI=1S/C10H15Br/c1-6-7-4-8(9(11)5-7)10(6,2)3/h7-9H,1,4-5H2,2-3H3. The Bertz CT molecular complexity index is 205. The summed E-state index contributed by atoms with van der Waals surface area (Å²) >= 11 is 3.76. The second kappa shape index (κ2) is 2.12. The first-order valence-corrected chi connectivity index (χ1v) is 5.28. The Balaban J connectivity index is 2.34. The van der Waals surface area contributed by atoms with Gasteiger partial charge < -0.3 is 0 Å². The average molecular weight is 215 g/mol. The van der Waals surface area contributed by atoms with Crippen molar-refractivity contribution in [2.24, 2.45) is 17.3 Å². The predicted octanol–water partition coefficient (Wildman–Crippen LogP) is 3.37. The van der Waals surface area contributed by atoms with Gasteiger partial charge in [-0.25, -0.2) is 0 Å². The molecule has 0 aromatic heterocycles. The van der Waals surface area contributed by atoms with E-state index >= 15 is 0 Å². The molecule has 3 unspecified atom stereocenters. The van der Waals surface area contributed by atoms with Crippen LogP contribution in [0.4, 0.5) is 0 Å². The first-order valence-electron chi connectivity index (χ1n) is 4.37. The lowest BCUT2D eigenvalue weighted by Gasteiger charge is -2.35. The number of hydrogen-bond acceptors (Lipinski definition) is 0. The zero-order valence-corrected chi connectivity index (χ0v) is 8.82. The van der Waals surface area contributed by atoms with Crippen LogP contribution in [0.2, 0.25) is 0 Å². The van der Waals surface area contributed by atoms with Crippen molar-refractivity contribution in [3.05, 3.63) is 12.2 Å². The van der Waals surface area contributed by atoms with Gasteiger partial charge >= 0.3 is 0 Å². The summed E-state index contributed by atoms with van der Waals surface area (Å²) in [5.41, 5.74) is 1.90. The van der Waals surface area contributed by atoms with Crippen LogP contribution in [0.5, 0.6) is 0 Å². The zero-order chi connectivity index (χ0) is 8.22. The molecule has 2 saturated carbocycles. The van der Waals surface area contributed by atoms with Crippen molar-refractivity contribution >= 4 is 15.9 Å². The van der Waals surface area contributed by atoms with E-state index in [2.05, 4.69) is 36.4 Å². The van der Waals surface area contributed by atoms with Crippen LogP contribution in [0, 0.1) is 17.3 Å². The van der Waals surface area contributed by atoms with Crippen molar-refractivity contribution in [3.8, 4) is 0 Å². The second-order valence-electron chi connectivity index (χ2n) is 4.54. The molecule has 0 saturated heterocycles. The summed E-state index contributed by atoms with van der Waals surface area (Å²) < 4.78 is 0. The molecule has 0 nitrogen and oxygen atoms in total. The van der Waals surface area contributed by atoms with Crippen molar-refractivity contribution in [1.82, 2.24) is 0 Å². The first kappa shape index (κ1) is 7.85. The molecule has 0 spiro atoms. The van der Waals surface area contributed by atoms with Gasteiger partial charge in [0.2, 0.25) is 0 Å². The van der Waals surface area contributed by atoms with E-state index in [0.717, 1.165) is 16.7 Å². The van der Waals surface area contributed by atoms with E-state index in [1.807, 2.05) is 0 Å². The molecular formula is C10H15Br. The van der Waals surface area contributed by atoms with Crippen molar-refractivity contribution in [3.63, 3.8) is 0 Å². The summed E-state index contributed by atoms with van der Waals surface area (Å²) in [5, 5.41) is 0. The molecule has 0 aromatic rings. The molecule has 0 amide bonds. The smallest absolute Gasteiger partial charge is 0.0188 e. The van der Waals surface area contributed by atoms with E-state index in [-0.39, 0.29) is 0 Å². The minimum absolute atomic E-state index is 0.400. The molecular weight excluding hydrogens is 200 g/mol. The quantitative estimate of drug-likeness (QED) is 0.429. The summed E-state index contributed by atoms with van der Waals surface area (Å²) in [4.78, 5) is 0.757. The Labute approximate surface area is 77.2 Å². The molecule has 3 atom stereocenters. The molecule has 2 aliphatic rings. The van der Waals surface area contributed by atoms with Crippen LogP contribution < -0.4 is 0 Å². The number of rotatable bonds is 0. The van der Waals surface area contributed by atoms with Crippen LogP contribution >= 0.6 is 15.9 Å². The van der Waals surface area contributed by atoms with Gasteiger partial charge in [-0.15, -0.1) is 0 Å². The molecule has 11 heavy (non-hydrogen) atoms.